The minimum absolute atomic E-state index is 0.0447. The summed E-state index contributed by atoms with van der Waals surface area (Å²) in [6.07, 6.45) is 2.73. The highest BCUT2D eigenvalue weighted by molar-refractivity contribution is 5.87. The molecule has 0 saturated heterocycles. The number of hydrogen-bond acceptors (Lipinski definition) is 3. The van der Waals surface area contributed by atoms with E-state index < -0.39 is 5.97 Å². The van der Waals surface area contributed by atoms with Crippen LogP contribution in [0.15, 0.2) is 53.6 Å². The van der Waals surface area contributed by atoms with Gasteiger partial charge in [0, 0.05) is 12.4 Å². The first-order valence-electron chi connectivity index (χ1n) is 6.58. The van der Waals surface area contributed by atoms with Gasteiger partial charge in [-0.2, -0.15) is 0 Å². The van der Waals surface area contributed by atoms with Crippen molar-refractivity contribution >= 4 is 11.7 Å². The molecule has 0 radical (unpaired) electrons. The summed E-state index contributed by atoms with van der Waals surface area (Å²) < 4.78 is 1.23. The predicted molar refractivity (Wildman–Crippen MR) is 82.8 cm³/mol. The van der Waals surface area contributed by atoms with Gasteiger partial charge >= 0.3 is 5.97 Å². The van der Waals surface area contributed by atoms with Crippen LogP contribution in [-0.2, 0) is 0 Å². The van der Waals surface area contributed by atoms with E-state index >= 15 is 0 Å². The maximum Gasteiger partial charge on any atom is 0.337 e. The average molecular weight is 306 g/mol. The SMILES string of the molecule is [C-]#[N+]c1ccc(-c2c[nH]n(-c3ccc(C(=O)O)cn3)c2=O)cc1. The van der Waals surface area contributed by atoms with Gasteiger partial charge in [0.15, 0.2) is 11.5 Å². The molecular weight excluding hydrogens is 296 g/mol. The van der Waals surface area contributed by atoms with Crippen LogP contribution in [0.4, 0.5) is 5.69 Å². The van der Waals surface area contributed by atoms with Gasteiger partial charge in [-0.15, -0.1) is 0 Å². The quantitative estimate of drug-likeness (QED) is 0.727. The largest absolute Gasteiger partial charge is 0.478 e. The fraction of sp³-hybridized carbons (Fsp3) is 0. The molecule has 0 unspecified atom stereocenters. The lowest BCUT2D eigenvalue weighted by atomic mass is 10.1. The zero-order valence-corrected chi connectivity index (χ0v) is 11.7. The van der Waals surface area contributed by atoms with E-state index in [-0.39, 0.29) is 11.1 Å². The molecule has 0 aliphatic heterocycles. The molecule has 0 fully saturated rings. The summed E-state index contributed by atoms with van der Waals surface area (Å²) in [5.41, 5.74) is 1.35. The number of carbonyl (C=O) groups is 1. The van der Waals surface area contributed by atoms with Crippen LogP contribution in [0.25, 0.3) is 21.8 Å². The van der Waals surface area contributed by atoms with Crippen molar-refractivity contribution in [1.82, 2.24) is 14.8 Å². The summed E-state index contributed by atoms with van der Waals surface area (Å²) >= 11 is 0. The number of pyridine rings is 1. The normalized spacial score (nSPS) is 10.2. The highest BCUT2D eigenvalue weighted by atomic mass is 16.4. The summed E-state index contributed by atoms with van der Waals surface area (Å²) in [5, 5.41) is 11.7. The smallest absolute Gasteiger partial charge is 0.337 e. The van der Waals surface area contributed by atoms with Crippen molar-refractivity contribution in [3.8, 4) is 16.9 Å². The number of nitrogens with one attached hydrogen (secondary N) is 1. The first-order valence-corrected chi connectivity index (χ1v) is 6.58. The number of carboxylic acids is 1. The Labute approximate surface area is 130 Å². The van der Waals surface area contributed by atoms with Crippen LogP contribution >= 0.6 is 0 Å². The van der Waals surface area contributed by atoms with Crippen LogP contribution in [0.1, 0.15) is 10.4 Å². The molecule has 2 heterocycles. The minimum Gasteiger partial charge on any atom is -0.478 e. The first kappa shape index (κ1) is 14.3. The van der Waals surface area contributed by atoms with E-state index in [2.05, 4.69) is 14.9 Å². The monoisotopic (exact) mass is 306 g/mol. The van der Waals surface area contributed by atoms with Crippen molar-refractivity contribution in [2.75, 3.05) is 0 Å². The Morgan fingerprint density at radius 1 is 1.22 bits per heavy atom. The molecule has 7 nitrogen and oxygen atoms in total. The van der Waals surface area contributed by atoms with Gasteiger partial charge in [0.05, 0.1) is 17.7 Å². The Morgan fingerprint density at radius 3 is 2.52 bits per heavy atom. The van der Waals surface area contributed by atoms with Gasteiger partial charge in [0.2, 0.25) is 0 Å². The second kappa shape index (κ2) is 5.61. The number of carboxylic acid groups (broad SMARTS) is 1. The molecule has 0 saturated carbocycles. The summed E-state index contributed by atoms with van der Waals surface area (Å²) in [4.78, 5) is 30.6. The molecule has 0 aliphatic rings. The number of H-pyrrole nitrogens is 1. The van der Waals surface area contributed by atoms with Crippen LogP contribution < -0.4 is 5.56 Å². The number of benzene rings is 1. The molecular formula is C16H10N4O3. The lowest BCUT2D eigenvalue weighted by Gasteiger charge is -2.00. The molecule has 2 N–H and O–H groups in total. The van der Waals surface area contributed by atoms with Crippen molar-refractivity contribution in [2.45, 2.75) is 0 Å². The van der Waals surface area contributed by atoms with Crippen molar-refractivity contribution in [2.24, 2.45) is 0 Å². The number of aromatic carboxylic acids is 1. The third-order valence-corrected chi connectivity index (χ3v) is 3.30. The highest BCUT2D eigenvalue weighted by Crippen LogP contribution is 2.20. The predicted octanol–water partition coefficient (Wildman–Crippen LogP) is 2.48. The van der Waals surface area contributed by atoms with Crippen LogP contribution in [0.5, 0.6) is 0 Å². The zero-order valence-electron chi connectivity index (χ0n) is 11.7. The van der Waals surface area contributed by atoms with E-state index in [0.29, 0.717) is 22.6 Å². The number of hydrogen-bond donors (Lipinski definition) is 2. The molecule has 1 aromatic carbocycles. The molecule has 112 valence electrons. The van der Waals surface area contributed by atoms with Gasteiger partial charge in [-0.05, 0) is 17.7 Å². The Bertz CT molecular complexity index is 960. The lowest BCUT2D eigenvalue weighted by Crippen LogP contribution is -2.17. The average Bonchev–Trinajstić information content (AvgIpc) is 2.96. The van der Waals surface area contributed by atoms with E-state index in [4.69, 9.17) is 11.7 Å². The number of aromatic amines is 1. The third kappa shape index (κ3) is 2.61. The number of rotatable bonds is 3. The third-order valence-electron chi connectivity index (χ3n) is 3.30. The van der Waals surface area contributed by atoms with Crippen molar-refractivity contribution in [1.29, 1.82) is 0 Å². The maximum atomic E-state index is 12.5. The fourth-order valence-electron chi connectivity index (χ4n) is 2.11. The van der Waals surface area contributed by atoms with Gasteiger partial charge in [-0.1, -0.05) is 24.3 Å². The van der Waals surface area contributed by atoms with Gasteiger partial charge in [-0.3, -0.25) is 9.89 Å². The molecule has 23 heavy (non-hydrogen) atoms. The summed E-state index contributed by atoms with van der Waals surface area (Å²) in [5.74, 6) is -0.785. The standard InChI is InChI=1S/C16H10N4O3/c1-17-12-5-2-10(3-6-12)13-9-19-20(15(13)21)14-7-4-11(8-18-14)16(22)23/h2-9,19H,(H,22,23). The van der Waals surface area contributed by atoms with E-state index in [0.717, 1.165) is 0 Å². The summed E-state index contributed by atoms with van der Waals surface area (Å²) in [7, 11) is 0. The molecule has 2 aromatic heterocycles. The van der Waals surface area contributed by atoms with Crippen molar-refractivity contribution < 1.29 is 9.90 Å². The van der Waals surface area contributed by atoms with Crippen molar-refractivity contribution in [3.05, 3.63) is 76.1 Å². The lowest BCUT2D eigenvalue weighted by molar-refractivity contribution is 0.0696. The van der Waals surface area contributed by atoms with Crippen LogP contribution in [-0.4, -0.2) is 25.8 Å². The number of nitrogens with zero attached hydrogens (tertiary/aromatic N) is 3. The Balaban J connectivity index is 2.00. The van der Waals surface area contributed by atoms with Crippen LogP contribution in [0.3, 0.4) is 0 Å². The summed E-state index contributed by atoms with van der Waals surface area (Å²) in [6.45, 7) is 6.93. The summed E-state index contributed by atoms with van der Waals surface area (Å²) in [6, 6.07) is 9.50. The van der Waals surface area contributed by atoms with Crippen LogP contribution in [0, 0.1) is 6.57 Å². The fourth-order valence-corrected chi connectivity index (χ4v) is 2.11. The molecule has 0 spiro atoms. The van der Waals surface area contributed by atoms with Gasteiger partial charge < -0.3 is 5.11 Å². The highest BCUT2D eigenvalue weighted by Gasteiger charge is 2.11. The van der Waals surface area contributed by atoms with Crippen molar-refractivity contribution in [3.63, 3.8) is 0 Å². The van der Waals surface area contributed by atoms with Gasteiger partial charge in [0.25, 0.3) is 5.56 Å². The first-order chi connectivity index (χ1) is 11.1. The van der Waals surface area contributed by atoms with Crippen LogP contribution in [0.2, 0.25) is 0 Å². The van der Waals surface area contributed by atoms with E-state index in [1.807, 2.05) is 0 Å². The maximum absolute atomic E-state index is 12.5. The van der Waals surface area contributed by atoms with E-state index in [9.17, 15) is 9.59 Å². The molecule has 3 rings (SSSR count). The van der Waals surface area contributed by atoms with E-state index in [1.165, 1.54) is 23.0 Å². The Hall–Kier alpha value is -3.66. The zero-order chi connectivity index (χ0) is 16.4. The van der Waals surface area contributed by atoms with E-state index in [1.54, 1.807) is 30.5 Å². The van der Waals surface area contributed by atoms with Gasteiger partial charge in [-0.25, -0.2) is 19.3 Å². The second-order valence-corrected chi connectivity index (χ2v) is 4.70. The Morgan fingerprint density at radius 2 is 1.96 bits per heavy atom. The van der Waals surface area contributed by atoms with Gasteiger partial charge in [0.1, 0.15) is 0 Å². The topological polar surface area (TPSA) is 92.3 Å². The second-order valence-electron chi connectivity index (χ2n) is 4.70. The molecule has 0 atom stereocenters. The Kier molecular flexibility index (Phi) is 3.49. The molecule has 7 heteroatoms. The molecule has 3 aromatic rings. The molecule has 0 amide bonds. The molecule has 0 aliphatic carbocycles. The number of aromatic nitrogens is 3. The molecule has 0 bridgehead atoms. The minimum atomic E-state index is -1.08.